The van der Waals surface area contributed by atoms with E-state index in [-0.39, 0.29) is 11.7 Å². The molecule has 0 saturated heterocycles. The second-order valence-corrected chi connectivity index (χ2v) is 7.02. The number of carbonyl (C=O) groups excluding carboxylic acids is 1. The number of nitrogens with zero attached hydrogens (tertiary/aromatic N) is 3. The summed E-state index contributed by atoms with van der Waals surface area (Å²) in [6, 6.07) is 12.0. The first kappa shape index (κ1) is 17.4. The molecule has 3 aromatic heterocycles. The van der Waals surface area contributed by atoms with Gasteiger partial charge < -0.3 is 9.72 Å². The second-order valence-electron chi connectivity index (χ2n) is 6.17. The summed E-state index contributed by atoms with van der Waals surface area (Å²) in [5.74, 6) is -0.384. The lowest BCUT2D eigenvalue weighted by Crippen LogP contribution is -2.13. The van der Waals surface area contributed by atoms with E-state index in [1.807, 2.05) is 41.1 Å². The van der Waals surface area contributed by atoms with Gasteiger partial charge in [0.15, 0.2) is 5.13 Å². The molecule has 3 heterocycles. The fourth-order valence-corrected chi connectivity index (χ4v) is 3.70. The minimum Gasteiger partial charge on any atom is -0.304 e. The Kier molecular flexibility index (Phi) is 4.68. The van der Waals surface area contributed by atoms with Gasteiger partial charge >= 0.3 is 0 Å². The number of nitrogens with one attached hydrogen (secondary N) is 1. The lowest BCUT2D eigenvalue weighted by Gasteiger charge is -2.04. The summed E-state index contributed by atoms with van der Waals surface area (Å²) in [4.78, 5) is 21.2. The standard InChI is InChI=1S/C20H17FN4OS/c1-13-17(25-11-3-2-4-18(25)22-13)9-10-19(26)24-20-23-16(12-27-20)14-5-7-15(21)8-6-14/h2-8,11-12H,9-10H2,1H3,(H,23,24,26). The molecule has 0 saturated carbocycles. The van der Waals surface area contributed by atoms with Crippen molar-refractivity contribution in [2.45, 2.75) is 19.8 Å². The van der Waals surface area contributed by atoms with Crippen molar-refractivity contribution >= 4 is 28.0 Å². The third kappa shape index (κ3) is 3.73. The Morgan fingerprint density at radius 1 is 1.19 bits per heavy atom. The van der Waals surface area contributed by atoms with Crippen molar-refractivity contribution in [3.63, 3.8) is 0 Å². The quantitative estimate of drug-likeness (QED) is 0.555. The topological polar surface area (TPSA) is 59.3 Å². The average Bonchev–Trinajstić information content (AvgIpc) is 3.24. The smallest absolute Gasteiger partial charge is 0.226 e. The first-order valence-corrected chi connectivity index (χ1v) is 9.42. The maximum Gasteiger partial charge on any atom is 0.226 e. The molecule has 0 fully saturated rings. The average molecular weight is 380 g/mol. The van der Waals surface area contributed by atoms with Crippen molar-refractivity contribution in [3.05, 3.63) is 71.2 Å². The molecule has 0 aliphatic heterocycles. The van der Waals surface area contributed by atoms with Crippen molar-refractivity contribution in [2.24, 2.45) is 0 Å². The van der Waals surface area contributed by atoms with Gasteiger partial charge in [-0.1, -0.05) is 6.07 Å². The molecule has 1 aromatic carbocycles. The van der Waals surface area contributed by atoms with Crippen LogP contribution in [-0.2, 0) is 11.2 Å². The minimum absolute atomic E-state index is 0.0970. The van der Waals surface area contributed by atoms with Crippen LogP contribution in [0.2, 0.25) is 0 Å². The van der Waals surface area contributed by atoms with Crippen LogP contribution < -0.4 is 5.32 Å². The highest BCUT2D eigenvalue weighted by atomic mass is 32.1. The Labute approximate surface area is 159 Å². The Bertz CT molecular complexity index is 1100. The third-order valence-electron chi connectivity index (χ3n) is 4.31. The van der Waals surface area contributed by atoms with Crippen molar-refractivity contribution in [1.82, 2.24) is 14.4 Å². The van der Waals surface area contributed by atoms with Crippen LogP contribution in [0.15, 0.2) is 54.0 Å². The molecular formula is C20H17FN4OS. The molecule has 7 heteroatoms. The predicted octanol–water partition coefficient (Wildman–Crippen LogP) is 4.48. The van der Waals surface area contributed by atoms with E-state index in [9.17, 15) is 9.18 Å². The van der Waals surface area contributed by atoms with Crippen molar-refractivity contribution in [1.29, 1.82) is 0 Å². The number of imidazole rings is 1. The maximum absolute atomic E-state index is 13.0. The summed E-state index contributed by atoms with van der Waals surface area (Å²) in [7, 11) is 0. The number of fused-ring (bicyclic) bond motifs is 1. The van der Waals surface area contributed by atoms with Crippen molar-refractivity contribution in [3.8, 4) is 11.3 Å². The van der Waals surface area contributed by atoms with E-state index in [1.54, 1.807) is 12.1 Å². The summed E-state index contributed by atoms with van der Waals surface area (Å²) in [5, 5.41) is 5.22. The molecule has 27 heavy (non-hydrogen) atoms. The second kappa shape index (κ2) is 7.28. The highest BCUT2D eigenvalue weighted by molar-refractivity contribution is 7.14. The summed E-state index contributed by atoms with van der Waals surface area (Å²) in [6.45, 7) is 1.95. The van der Waals surface area contributed by atoms with Crippen LogP contribution in [0.3, 0.4) is 0 Å². The first-order chi connectivity index (χ1) is 13.1. The number of aryl methyl sites for hydroxylation is 2. The monoisotopic (exact) mass is 380 g/mol. The highest BCUT2D eigenvalue weighted by Crippen LogP contribution is 2.25. The fraction of sp³-hybridized carbons (Fsp3) is 0.150. The molecule has 1 N–H and O–H groups in total. The van der Waals surface area contributed by atoms with E-state index in [2.05, 4.69) is 15.3 Å². The van der Waals surface area contributed by atoms with Gasteiger partial charge in [-0.2, -0.15) is 0 Å². The van der Waals surface area contributed by atoms with E-state index >= 15 is 0 Å². The normalized spacial score (nSPS) is 11.0. The number of benzene rings is 1. The van der Waals surface area contributed by atoms with Crippen molar-refractivity contribution < 1.29 is 9.18 Å². The molecule has 0 aliphatic rings. The molecule has 4 aromatic rings. The molecule has 136 valence electrons. The molecular weight excluding hydrogens is 363 g/mol. The predicted molar refractivity (Wildman–Crippen MR) is 104 cm³/mol. The number of carbonyl (C=O) groups is 1. The van der Waals surface area contributed by atoms with E-state index in [0.29, 0.717) is 23.7 Å². The number of aromatic nitrogens is 3. The van der Waals surface area contributed by atoms with Gasteiger partial charge in [0.25, 0.3) is 0 Å². The lowest BCUT2D eigenvalue weighted by molar-refractivity contribution is -0.116. The molecule has 0 aliphatic carbocycles. The van der Waals surface area contributed by atoms with Gasteiger partial charge in [-0.3, -0.25) is 4.79 Å². The summed E-state index contributed by atoms with van der Waals surface area (Å²) in [6.07, 6.45) is 2.90. The number of amides is 1. The zero-order chi connectivity index (χ0) is 18.8. The number of halogens is 1. The molecule has 0 spiro atoms. The third-order valence-corrected chi connectivity index (χ3v) is 5.07. The zero-order valence-corrected chi connectivity index (χ0v) is 15.5. The van der Waals surface area contributed by atoms with E-state index < -0.39 is 0 Å². The Balaban J connectivity index is 1.41. The largest absolute Gasteiger partial charge is 0.304 e. The van der Waals surface area contributed by atoms with Crippen LogP contribution >= 0.6 is 11.3 Å². The van der Waals surface area contributed by atoms with Gasteiger partial charge in [-0.25, -0.2) is 14.4 Å². The van der Waals surface area contributed by atoms with E-state index in [1.165, 1.54) is 23.5 Å². The molecule has 0 bridgehead atoms. The Morgan fingerprint density at radius 3 is 2.81 bits per heavy atom. The summed E-state index contributed by atoms with van der Waals surface area (Å²) in [5.41, 5.74) is 4.38. The number of thiazole rings is 1. The fourth-order valence-electron chi connectivity index (χ4n) is 2.96. The van der Waals surface area contributed by atoms with Gasteiger partial charge in [0.05, 0.1) is 11.4 Å². The number of hydrogen-bond acceptors (Lipinski definition) is 4. The van der Waals surface area contributed by atoms with Gasteiger partial charge in [0.1, 0.15) is 11.5 Å². The van der Waals surface area contributed by atoms with Gasteiger partial charge in [-0.15, -0.1) is 11.3 Å². The summed E-state index contributed by atoms with van der Waals surface area (Å²) < 4.78 is 15.0. The lowest BCUT2D eigenvalue weighted by atomic mass is 10.2. The zero-order valence-electron chi connectivity index (χ0n) is 14.6. The molecule has 0 unspecified atom stereocenters. The maximum atomic E-state index is 13.0. The van der Waals surface area contributed by atoms with E-state index in [0.717, 1.165) is 22.6 Å². The number of rotatable bonds is 5. The van der Waals surface area contributed by atoms with E-state index in [4.69, 9.17) is 0 Å². The molecule has 0 radical (unpaired) electrons. The van der Waals surface area contributed by atoms with Gasteiger partial charge in [0.2, 0.25) is 5.91 Å². The molecule has 4 rings (SSSR count). The van der Waals surface area contributed by atoms with Crippen LogP contribution in [-0.4, -0.2) is 20.3 Å². The van der Waals surface area contributed by atoms with Crippen LogP contribution in [0.4, 0.5) is 9.52 Å². The van der Waals surface area contributed by atoms with Crippen LogP contribution in [0.5, 0.6) is 0 Å². The molecule has 5 nitrogen and oxygen atoms in total. The Morgan fingerprint density at radius 2 is 2.00 bits per heavy atom. The van der Waals surface area contributed by atoms with Crippen LogP contribution in [0.1, 0.15) is 17.8 Å². The number of pyridine rings is 1. The number of anilines is 1. The van der Waals surface area contributed by atoms with Crippen molar-refractivity contribution in [2.75, 3.05) is 5.32 Å². The van der Waals surface area contributed by atoms with Crippen LogP contribution in [0.25, 0.3) is 16.9 Å². The van der Waals surface area contributed by atoms with Gasteiger partial charge in [0, 0.05) is 29.3 Å². The molecule has 1 amide bonds. The highest BCUT2D eigenvalue weighted by Gasteiger charge is 2.12. The van der Waals surface area contributed by atoms with Gasteiger partial charge in [-0.05, 0) is 49.7 Å². The first-order valence-electron chi connectivity index (χ1n) is 8.54. The van der Waals surface area contributed by atoms with Crippen LogP contribution in [0, 0.1) is 12.7 Å². The minimum atomic E-state index is -0.287. The molecule has 0 atom stereocenters. The number of hydrogen-bond donors (Lipinski definition) is 1. The Hall–Kier alpha value is -3.06. The summed E-state index contributed by atoms with van der Waals surface area (Å²) >= 11 is 1.35. The SMILES string of the molecule is Cc1nc2ccccn2c1CCC(=O)Nc1nc(-c2ccc(F)cc2)cs1.